The highest BCUT2D eigenvalue weighted by Gasteiger charge is 2.24. The first kappa shape index (κ1) is 17.9. The zero-order valence-corrected chi connectivity index (χ0v) is 13.2. The molecule has 0 aromatic carbocycles. The van der Waals surface area contributed by atoms with Crippen molar-refractivity contribution in [2.75, 3.05) is 0 Å². The molecule has 1 atom stereocenters. The Morgan fingerprint density at radius 3 is 2.45 bits per heavy atom. The molecule has 22 heavy (non-hydrogen) atoms. The lowest BCUT2D eigenvalue weighted by molar-refractivity contribution is -0.139. The van der Waals surface area contributed by atoms with Gasteiger partial charge in [0.15, 0.2) is 0 Å². The number of nitrogens with zero attached hydrogens (tertiary/aromatic N) is 1. The smallest absolute Gasteiger partial charge is 0.326 e. The highest BCUT2D eigenvalue weighted by molar-refractivity contribution is 5.97. The number of carbonyl (C=O) groups is 2. The maximum Gasteiger partial charge on any atom is 0.326 e. The Hall–Kier alpha value is -2.18. The van der Waals surface area contributed by atoms with Crippen molar-refractivity contribution < 1.29 is 14.7 Å². The van der Waals surface area contributed by atoms with Gasteiger partial charge >= 0.3 is 5.97 Å². The van der Waals surface area contributed by atoms with E-state index in [4.69, 9.17) is 0 Å². The van der Waals surface area contributed by atoms with E-state index in [9.17, 15) is 19.5 Å². The van der Waals surface area contributed by atoms with Crippen LogP contribution in [0.1, 0.15) is 61.6 Å². The average molecular weight is 309 g/mol. The molecule has 1 amide bonds. The van der Waals surface area contributed by atoms with Gasteiger partial charge in [-0.1, -0.05) is 33.6 Å². The third kappa shape index (κ3) is 4.16. The number of carboxylic acids is 1. The summed E-state index contributed by atoms with van der Waals surface area (Å²) in [4.78, 5) is 35.5. The first-order valence-electron chi connectivity index (χ1n) is 7.60. The molecule has 7 heteroatoms. The number of amides is 1. The average Bonchev–Trinajstić information content (AvgIpc) is 2.50. The lowest BCUT2D eigenvalue weighted by Crippen LogP contribution is -2.43. The monoisotopic (exact) mass is 309 g/mol. The Morgan fingerprint density at radius 2 is 1.95 bits per heavy atom. The van der Waals surface area contributed by atoms with Gasteiger partial charge in [-0.25, -0.2) is 9.89 Å². The van der Waals surface area contributed by atoms with Crippen LogP contribution in [0, 0.1) is 0 Å². The fraction of sp³-hybridized carbons (Fsp3) is 0.600. The number of H-pyrrole nitrogens is 1. The van der Waals surface area contributed by atoms with Crippen LogP contribution in [0.3, 0.4) is 0 Å². The maximum atomic E-state index is 12.4. The highest BCUT2D eigenvalue weighted by Crippen LogP contribution is 2.11. The fourth-order valence-corrected chi connectivity index (χ4v) is 2.33. The van der Waals surface area contributed by atoms with Crippen LogP contribution in [0.2, 0.25) is 0 Å². The molecule has 0 fully saturated rings. The molecule has 0 saturated carbocycles. The summed E-state index contributed by atoms with van der Waals surface area (Å²) < 4.78 is 0. The second-order valence-corrected chi connectivity index (χ2v) is 5.07. The standard InChI is InChI=1S/C15H23N3O4/c1-4-7-8-11(15(21)22)16-13(19)12-9(5-2)10(6-3)17-18-14(12)20/h11H,4-8H2,1-3H3,(H,16,19)(H,18,20)(H,21,22). The molecule has 1 aromatic rings. The molecule has 0 spiro atoms. The van der Waals surface area contributed by atoms with Crippen molar-refractivity contribution in [2.45, 2.75) is 58.9 Å². The van der Waals surface area contributed by atoms with Crippen molar-refractivity contribution in [3.63, 3.8) is 0 Å². The van der Waals surface area contributed by atoms with E-state index in [0.717, 1.165) is 6.42 Å². The van der Waals surface area contributed by atoms with E-state index in [-0.39, 0.29) is 5.56 Å². The van der Waals surface area contributed by atoms with Crippen LogP contribution in [0.5, 0.6) is 0 Å². The minimum Gasteiger partial charge on any atom is -0.480 e. The Kier molecular flexibility index (Phi) is 6.75. The summed E-state index contributed by atoms with van der Waals surface area (Å²) in [6, 6.07) is -0.991. The summed E-state index contributed by atoms with van der Waals surface area (Å²) in [5.74, 6) is -1.75. The molecule has 7 nitrogen and oxygen atoms in total. The second-order valence-electron chi connectivity index (χ2n) is 5.07. The van der Waals surface area contributed by atoms with E-state index in [1.807, 2.05) is 20.8 Å². The number of aromatic nitrogens is 2. The van der Waals surface area contributed by atoms with Gasteiger partial charge in [0.25, 0.3) is 11.5 Å². The van der Waals surface area contributed by atoms with Gasteiger partial charge in [-0.15, -0.1) is 0 Å². The van der Waals surface area contributed by atoms with Crippen LogP contribution >= 0.6 is 0 Å². The van der Waals surface area contributed by atoms with Crippen molar-refractivity contribution >= 4 is 11.9 Å². The number of hydrogen-bond donors (Lipinski definition) is 3. The zero-order chi connectivity index (χ0) is 16.7. The maximum absolute atomic E-state index is 12.4. The Morgan fingerprint density at radius 1 is 1.27 bits per heavy atom. The summed E-state index contributed by atoms with van der Waals surface area (Å²) >= 11 is 0. The van der Waals surface area contributed by atoms with Gasteiger partial charge in [-0.05, 0) is 24.8 Å². The van der Waals surface area contributed by atoms with Crippen LogP contribution in [-0.4, -0.2) is 33.2 Å². The number of carboxylic acid groups (broad SMARTS) is 1. The Labute approximate surface area is 129 Å². The molecule has 122 valence electrons. The third-order valence-corrected chi connectivity index (χ3v) is 3.53. The highest BCUT2D eigenvalue weighted by atomic mass is 16.4. The summed E-state index contributed by atoms with van der Waals surface area (Å²) in [7, 11) is 0. The summed E-state index contributed by atoms with van der Waals surface area (Å²) in [6.07, 6.45) is 2.91. The minimum atomic E-state index is -1.10. The Balaban J connectivity index is 3.11. The first-order chi connectivity index (χ1) is 10.5. The molecule has 0 radical (unpaired) electrons. The quantitative estimate of drug-likeness (QED) is 0.669. The van der Waals surface area contributed by atoms with Crippen molar-refractivity contribution in [2.24, 2.45) is 0 Å². The second kappa shape index (κ2) is 8.31. The van der Waals surface area contributed by atoms with E-state index in [1.54, 1.807) is 0 Å². The SMILES string of the molecule is CCCCC(NC(=O)c1c(CC)c(CC)n[nH]c1=O)C(=O)O. The molecule has 1 heterocycles. The normalized spacial score (nSPS) is 12.0. The van der Waals surface area contributed by atoms with Gasteiger partial charge in [0, 0.05) is 0 Å². The lowest BCUT2D eigenvalue weighted by atomic mass is 10.0. The molecule has 1 rings (SSSR count). The molecule has 0 aliphatic heterocycles. The fourth-order valence-electron chi connectivity index (χ4n) is 2.33. The van der Waals surface area contributed by atoms with Crippen LogP contribution in [0.15, 0.2) is 4.79 Å². The van der Waals surface area contributed by atoms with Crippen LogP contribution < -0.4 is 10.9 Å². The molecule has 3 N–H and O–H groups in total. The lowest BCUT2D eigenvalue weighted by Gasteiger charge is -2.16. The van der Waals surface area contributed by atoms with Crippen LogP contribution in [-0.2, 0) is 17.6 Å². The minimum absolute atomic E-state index is 0.0305. The number of rotatable bonds is 8. The number of unbranched alkanes of at least 4 members (excludes halogenated alkanes) is 1. The molecule has 1 aromatic heterocycles. The molecular formula is C15H23N3O4. The number of hydrogen-bond acceptors (Lipinski definition) is 4. The number of carbonyl (C=O) groups excluding carboxylic acids is 1. The molecule has 0 saturated heterocycles. The number of nitrogens with one attached hydrogen (secondary N) is 2. The Bertz CT molecular complexity index is 595. The van der Waals surface area contributed by atoms with Crippen molar-refractivity contribution in [1.82, 2.24) is 15.5 Å². The van der Waals surface area contributed by atoms with Crippen molar-refractivity contribution in [3.8, 4) is 0 Å². The van der Waals surface area contributed by atoms with Gasteiger partial charge in [0.1, 0.15) is 11.6 Å². The van der Waals surface area contributed by atoms with E-state index >= 15 is 0 Å². The van der Waals surface area contributed by atoms with Gasteiger partial charge in [0.2, 0.25) is 0 Å². The zero-order valence-electron chi connectivity index (χ0n) is 13.2. The number of aryl methyl sites for hydroxylation is 1. The van der Waals surface area contributed by atoms with Gasteiger partial charge in [0.05, 0.1) is 5.69 Å². The largest absolute Gasteiger partial charge is 0.480 e. The first-order valence-corrected chi connectivity index (χ1v) is 7.60. The van der Waals surface area contributed by atoms with Crippen LogP contribution in [0.4, 0.5) is 0 Å². The summed E-state index contributed by atoms with van der Waals surface area (Å²) in [5.41, 5.74) is 0.597. The molecule has 0 aliphatic rings. The molecular weight excluding hydrogens is 286 g/mol. The van der Waals surface area contributed by atoms with E-state index < -0.39 is 23.5 Å². The molecule has 1 unspecified atom stereocenters. The molecule has 0 aliphatic carbocycles. The predicted octanol–water partition coefficient (Wildman–Crippen LogP) is 1.27. The van der Waals surface area contributed by atoms with Crippen LogP contribution in [0.25, 0.3) is 0 Å². The molecule has 0 bridgehead atoms. The van der Waals surface area contributed by atoms with Gasteiger partial charge in [-0.3, -0.25) is 9.59 Å². The van der Waals surface area contributed by atoms with Gasteiger partial charge < -0.3 is 10.4 Å². The number of aromatic amines is 1. The van der Waals surface area contributed by atoms with Crippen molar-refractivity contribution in [1.29, 1.82) is 0 Å². The number of aliphatic carboxylic acids is 1. The topological polar surface area (TPSA) is 112 Å². The van der Waals surface area contributed by atoms with E-state index in [2.05, 4.69) is 15.5 Å². The third-order valence-electron chi connectivity index (χ3n) is 3.53. The van der Waals surface area contributed by atoms with Crippen molar-refractivity contribution in [3.05, 3.63) is 27.2 Å². The van der Waals surface area contributed by atoms with E-state index in [0.29, 0.717) is 36.9 Å². The van der Waals surface area contributed by atoms with Gasteiger partial charge in [-0.2, -0.15) is 5.10 Å². The summed E-state index contributed by atoms with van der Waals surface area (Å²) in [5, 5.41) is 17.9. The summed E-state index contributed by atoms with van der Waals surface area (Å²) in [6.45, 7) is 5.65. The predicted molar refractivity (Wildman–Crippen MR) is 82.0 cm³/mol. The van der Waals surface area contributed by atoms with E-state index in [1.165, 1.54) is 0 Å².